The molecule has 2 rings (SSSR count). The van der Waals surface area contributed by atoms with Crippen molar-refractivity contribution in [1.29, 1.82) is 0 Å². The van der Waals surface area contributed by atoms with Gasteiger partial charge in [-0.3, -0.25) is 0 Å². The Bertz CT molecular complexity index is 388. The van der Waals surface area contributed by atoms with E-state index in [-0.39, 0.29) is 12.4 Å². The normalized spacial score (nSPS) is 16.6. The highest BCUT2D eigenvalue weighted by molar-refractivity contribution is 5.85. The molecule has 0 amide bonds. The van der Waals surface area contributed by atoms with Crippen LogP contribution in [0.2, 0.25) is 0 Å². The molecule has 0 saturated carbocycles. The van der Waals surface area contributed by atoms with Gasteiger partial charge in [-0.1, -0.05) is 0 Å². The summed E-state index contributed by atoms with van der Waals surface area (Å²) in [6.45, 7) is 2.66. The highest BCUT2D eigenvalue weighted by Gasteiger charge is 2.30. The van der Waals surface area contributed by atoms with Gasteiger partial charge in [0.25, 0.3) is 0 Å². The average molecular weight is 310 g/mol. The molecule has 0 unspecified atom stereocenters. The van der Waals surface area contributed by atoms with E-state index in [9.17, 15) is 13.2 Å². The molecule has 1 aromatic rings. The highest BCUT2D eigenvalue weighted by atomic mass is 35.5. The molecule has 0 radical (unpaired) electrons. The lowest BCUT2D eigenvalue weighted by Crippen LogP contribution is -2.28. The fourth-order valence-corrected chi connectivity index (χ4v) is 2.25. The topological polar surface area (TPSA) is 21.3 Å². The molecule has 0 spiro atoms. The summed E-state index contributed by atoms with van der Waals surface area (Å²) in [4.78, 5) is 0. The van der Waals surface area contributed by atoms with Crippen molar-refractivity contribution in [1.82, 2.24) is 5.32 Å². The molecule has 114 valence electrons. The summed E-state index contributed by atoms with van der Waals surface area (Å²) < 4.78 is 42.6. The number of hydrogen-bond donors (Lipinski definition) is 1. The second kappa shape index (κ2) is 7.74. The summed E-state index contributed by atoms with van der Waals surface area (Å²) in [7, 11) is 0. The Hall–Kier alpha value is -0.940. The van der Waals surface area contributed by atoms with Crippen LogP contribution in [0.25, 0.3) is 0 Å². The average Bonchev–Trinajstić information content (AvgIpc) is 2.39. The maximum absolute atomic E-state index is 12.4. The lowest BCUT2D eigenvalue weighted by atomic mass is 9.95. The third-order valence-corrected chi connectivity index (χ3v) is 3.44. The van der Waals surface area contributed by atoms with Crippen LogP contribution in [-0.4, -0.2) is 19.7 Å². The quantitative estimate of drug-likeness (QED) is 0.911. The lowest BCUT2D eigenvalue weighted by molar-refractivity contribution is -0.137. The molecule has 0 atom stereocenters. The van der Waals surface area contributed by atoms with Gasteiger partial charge in [0.15, 0.2) is 0 Å². The van der Waals surface area contributed by atoms with Crippen LogP contribution in [0.1, 0.15) is 24.8 Å². The molecule has 6 heteroatoms. The van der Waals surface area contributed by atoms with E-state index >= 15 is 0 Å². The second-order valence-corrected chi connectivity index (χ2v) is 4.85. The fourth-order valence-electron chi connectivity index (χ4n) is 2.25. The highest BCUT2D eigenvalue weighted by Crippen LogP contribution is 2.30. The molecule has 1 saturated heterocycles. The molecule has 0 aliphatic carbocycles. The van der Waals surface area contributed by atoms with Crippen molar-refractivity contribution in [2.75, 3.05) is 19.7 Å². The molecule has 1 N–H and O–H groups in total. The van der Waals surface area contributed by atoms with Crippen LogP contribution < -0.4 is 10.1 Å². The van der Waals surface area contributed by atoms with Crippen LogP contribution in [0, 0.1) is 5.92 Å². The second-order valence-electron chi connectivity index (χ2n) is 4.85. The molecule has 1 aromatic carbocycles. The van der Waals surface area contributed by atoms with Crippen molar-refractivity contribution in [2.24, 2.45) is 5.92 Å². The predicted octanol–water partition coefficient (Wildman–Crippen LogP) is 3.90. The van der Waals surface area contributed by atoms with Gasteiger partial charge in [0.05, 0.1) is 12.2 Å². The van der Waals surface area contributed by atoms with E-state index < -0.39 is 11.7 Å². The van der Waals surface area contributed by atoms with Crippen molar-refractivity contribution in [3.63, 3.8) is 0 Å². The minimum absolute atomic E-state index is 0. The Morgan fingerprint density at radius 2 is 1.70 bits per heavy atom. The number of rotatable bonds is 4. The van der Waals surface area contributed by atoms with E-state index in [1.165, 1.54) is 12.1 Å². The number of nitrogens with one attached hydrogen (secondary N) is 1. The van der Waals surface area contributed by atoms with Crippen molar-refractivity contribution < 1.29 is 17.9 Å². The summed E-state index contributed by atoms with van der Waals surface area (Å²) in [6, 6.07) is 4.87. The number of hydrogen-bond acceptors (Lipinski definition) is 2. The minimum Gasteiger partial charge on any atom is -0.494 e. The van der Waals surface area contributed by atoms with Gasteiger partial charge in [0.2, 0.25) is 0 Å². The van der Waals surface area contributed by atoms with Gasteiger partial charge in [-0.25, -0.2) is 0 Å². The monoisotopic (exact) mass is 309 g/mol. The summed E-state index contributed by atoms with van der Waals surface area (Å²) >= 11 is 0. The molecule has 1 aliphatic rings. The van der Waals surface area contributed by atoms with Crippen LogP contribution in [0.3, 0.4) is 0 Å². The Balaban J connectivity index is 0.00000200. The van der Waals surface area contributed by atoms with Gasteiger partial charge in [0.1, 0.15) is 5.75 Å². The van der Waals surface area contributed by atoms with Crippen molar-refractivity contribution in [3.8, 4) is 5.75 Å². The first-order valence-corrected chi connectivity index (χ1v) is 6.56. The van der Waals surface area contributed by atoms with E-state index in [2.05, 4.69) is 5.32 Å². The summed E-state index contributed by atoms with van der Waals surface area (Å²) in [6.07, 6.45) is -1.02. The largest absolute Gasteiger partial charge is 0.494 e. The van der Waals surface area contributed by atoms with Gasteiger partial charge in [-0.05, 0) is 62.5 Å². The molecule has 1 aliphatic heterocycles. The number of alkyl halides is 3. The van der Waals surface area contributed by atoms with Crippen LogP contribution in [-0.2, 0) is 6.18 Å². The van der Waals surface area contributed by atoms with Gasteiger partial charge < -0.3 is 10.1 Å². The maximum atomic E-state index is 12.4. The van der Waals surface area contributed by atoms with Crippen LogP contribution in [0.4, 0.5) is 13.2 Å². The number of piperidine rings is 1. The number of benzene rings is 1. The predicted molar refractivity (Wildman–Crippen MR) is 74.4 cm³/mol. The molecule has 0 aromatic heterocycles. The van der Waals surface area contributed by atoms with Crippen LogP contribution in [0.5, 0.6) is 5.75 Å². The van der Waals surface area contributed by atoms with E-state index in [0.29, 0.717) is 18.3 Å². The molecule has 0 bridgehead atoms. The Labute approximate surface area is 123 Å². The zero-order chi connectivity index (χ0) is 13.7. The fraction of sp³-hybridized carbons (Fsp3) is 0.571. The maximum Gasteiger partial charge on any atom is 0.416 e. The first kappa shape index (κ1) is 17.1. The van der Waals surface area contributed by atoms with Crippen LogP contribution >= 0.6 is 12.4 Å². The zero-order valence-corrected chi connectivity index (χ0v) is 11.9. The molecule has 1 fully saturated rings. The Morgan fingerprint density at radius 3 is 2.25 bits per heavy atom. The van der Waals surface area contributed by atoms with Crippen LogP contribution in [0.15, 0.2) is 24.3 Å². The minimum atomic E-state index is -4.28. The molecule has 2 nitrogen and oxygen atoms in total. The summed E-state index contributed by atoms with van der Waals surface area (Å²) in [5.41, 5.74) is -0.641. The smallest absolute Gasteiger partial charge is 0.416 e. The van der Waals surface area contributed by atoms with E-state index in [0.717, 1.165) is 44.5 Å². The van der Waals surface area contributed by atoms with Crippen molar-refractivity contribution in [3.05, 3.63) is 29.8 Å². The number of halogens is 4. The van der Waals surface area contributed by atoms with Crippen molar-refractivity contribution >= 4 is 12.4 Å². The Kier molecular flexibility index (Phi) is 6.62. The van der Waals surface area contributed by atoms with Gasteiger partial charge in [0, 0.05) is 0 Å². The summed E-state index contributed by atoms with van der Waals surface area (Å²) in [5.74, 6) is 1.16. The third-order valence-electron chi connectivity index (χ3n) is 3.44. The van der Waals surface area contributed by atoms with E-state index in [4.69, 9.17) is 4.74 Å². The Morgan fingerprint density at radius 1 is 1.10 bits per heavy atom. The first-order chi connectivity index (χ1) is 9.05. The third kappa shape index (κ3) is 5.21. The van der Waals surface area contributed by atoms with Gasteiger partial charge >= 0.3 is 6.18 Å². The molecular weight excluding hydrogens is 291 g/mol. The standard InChI is InChI=1S/C14H18F3NO.ClH/c15-14(16,17)12-1-3-13(4-2-12)19-10-7-11-5-8-18-9-6-11;/h1-4,11,18H,5-10H2;1H. The molecular formula is C14H19ClF3NO. The van der Waals surface area contributed by atoms with E-state index in [1.54, 1.807) is 0 Å². The number of ether oxygens (including phenoxy) is 1. The first-order valence-electron chi connectivity index (χ1n) is 6.56. The van der Waals surface area contributed by atoms with E-state index in [1.807, 2.05) is 0 Å². The SMILES string of the molecule is Cl.FC(F)(F)c1ccc(OCCC2CCNCC2)cc1. The summed E-state index contributed by atoms with van der Waals surface area (Å²) in [5, 5.41) is 3.30. The van der Waals surface area contributed by atoms with Crippen molar-refractivity contribution in [2.45, 2.75) is 25.4 Å². The zero-order valence-electron chi connectivity index (χ0n) is 11.1. The lowest BCUT2D eigenvalue weighted by Gasteiger charge is -2.22. The van der Waals surface area contributed by atoms with Gasteiger partial charge in [-0.15, -0.1) is 12.4 Å². The van der Waals surface area contributed by atoms with Gasteiger partial charge in [-0.2, -0.15) is 13.2 Å². The molecule has 20 heavy (non-hydrogen) atoms. The molecule has 1 heterocycles.